The summed E-state index contributed by atoms with van der Waals surface area (Å²) in [5, 5.41) is 6.99. The van der Waals surface area contributed by atoms with Crippen molar-refractivity contribution in [3.05, 3.63) is 60.2 Å². The molecule has 0 amide bonds. The first-order valence-corrected chi connectivity index (χ1v) is 12.6. The molecule has 170 valence electrons. The van der Waals surface area contributed by atoms with Crippen LogP contribution in [0.25, 0.3) is 32.7 Å². The van der Waals surface area contributed by atoms with E-state index in [0.717, 1.165) is 60.9 Å². The van der Waals surface area contributed by atoms with Gasteiger partial charge in [-0.1, -0.05) is 37.3 Å². The molecule has 1 saturated heterocycles. The lowest BCUT2D eigenvalue weighted by molar-refractivity contribution is 0.110. The molecule has 3 aromatic heterocycles. The molecular formula is C26H30N6S. The molecule has 1 atom stereocenters. The molecule has 0 spiro atoms. The topological polar surface area (TPSA) is 57.2 Å². The fourth-order valence-corrected chi connectivity index (χ4v) is 5.36. The summed E-state index contributed by atoms with van der Waals surface area (Å²) >= 11 is 1.67. The lowest BCUT2D eigenvalue weighted by atomic mass is 10.1. The van der Waals surface area contributed by atoms with Gasteiger partial charge in [0.15, 0.2) is 5.82 Å². The van der Waals surface area contributed by atoms with Crippen molar-refractivity contribution in [1.29, 1.82) is 0 Å². The molecule has 4 heterocycles. The molecule has 7 heteroatoms. The van der Waals surface area contributed by atoms with Crippen LogP contribution in [-0.4, -0.2) is 70.1 Å². The number of pyridine rings is 1. The number of benzene rings is 1. The van der Waals surface area contributed by atoms with Gasteiger partial charge in [0, 0.05) is 67.7 Å². The van der Waals surface area contributed by atoms with Crippen molar-refractivity contribution >= 4 is 27.4 Å². The van der Waals surface area contributed by atoms with Crippen molar-refractivity contribution < 1.29 is 0 Å². The molecule has 6 nitrogen and oxygen atoms in total. The van der Waals surface area contributed by atoms with Crippen LogP contribution in [0.5, 0.6) is 0 Å². The van der Waals surface area contributed by atoms with E-state index < -0.39 is 0 Å². The molecule has 4 aromatic rings. The van der Waals surface area contributed by atoms with Crippen LogP contribution in [-0.2, 0) is 0 Å². The molecule has 0 aliphatic carbocycles. The first kappa shape index (κ1) is 21.9. The fraction of sp³-hybridized carbons (Fsp3) is 0.346. The Balaban J connectivity index is 1.46. The van der Waals surface area contributed by atoms with Crippen LogP contribution in [0.1, 0.15) is 13.8 Å². The third kappa shape index (κ3) is 4.76. The van der Waals surface area contributed by atoms with Gasteiger partial charge in [0.1, 0.15) is 10.6 Å². The smallest absolute Gasteiger partial charge is 0.164 e. The van der Waals surface area contributed by atoms with E-state index in [9.17, 15) is 0 Å². The Morgan fingerprint density at radius 3 is 2.52 bits per heavy atom. The third-order valence-electron chi connectivity index (χ3n) is 6.48. The van der Waals surface area contributed by atoms with Gasteiger partial charge in [-0.05, 0) is 31.2 Å². The lowest BCUT2D eigenvalue weighted by Gasteiger charge is -2.37. The van der Waals surface area contributed by atoms with Crippen LogP contribution in [0, 0.1) is 0 Å². The second kappa shape index (κ2) is 9.95. The summed E-state index contributed by atoms with van der Waals surface area (Å²) in [6.45, 7) is 11.0. The maximum Gasteiger partial charge on any atom is 0.164 e. The highest BCUT2D eigenvalue weighted by atomic mass is 32.1. The number of anilines is 1. The fourth-order valence-electron chi connectivity index (χ4n) is 4.42. The number of fused-ring (bicyclic) bond motifs is 1. The minimum atomic E-state index is 0.426. The van der Waals surface area contributed by atoms with E-state index in [0.29, 0.717) is 11.9 Å². The van der Waals surface area contributed by atoms with E-state index in [1.165, 1.54) is 11.1 Å². The molecular weight excluding hydrogens is 428 g/mol. The van der Waals surface area contributed by atoms with Gasteiger partial charge in [0.25, 0.3) is 0 Å². The van der Waals surface area contributed by atoms with Crippen LogP contribution in [0.4, 0.5) is 5.82 Å². The Hall–Kier alpha value is -2.87. The summed E-state index contributed by atoms with van der Waals surface area (Å²) in [7, 11) is 0. The van der Waals surface area contributed by atoms with Crippen molar-refractivity contribution in [2.24, 2.45) is 0 Å². The minimum absolute atomic E-state index is 0.426. The van der Waals surface area contributed by atoms with Crippen molar-refractivity contribution in [3.63, 3.8) is 0 Å². The molecule has 5 rings (SSSR count). The highest BCUT2D eigenvalue weighted by Crippen LogP contribution is 2.38. The van der Waals surface area contributed by atoms with E-state index in [4.69, 9.17) is 9.97 Å². The van der Waals surface area contributed by atoms with E-state index in [2.05, 4.69) is 63.6 Å². The van der Waals surface area contributed by atoms with E-state index in [1.807, 2.05) is 24.4 Å². The van der Waals surface area contributed by atoms with Crippen molar-refractivity contribution in [3.8, 4) is 22.5 Å². The van der Waals surface area contributed by atoms with E-state index in [1.54, 1.807) is 17.5 Å². The van der Waals surface area contributed by atoms with Gasteiger partial charge in [0.2, 0.25) is 0 Å². The predicted octanol–water partition coefficient (Wildman–Crippen LogP) is 4.86. The maximum atomic E-state index is 4.99. The van der Waals surface area contributed by atoms with Crippen LogP contribution in [0.15, 0.2) is 60.2 Å². The summed E-state index contributed by atoms with van der Waals surface area (Å²) in [6.07, 6.45) is 3.60. The first-order chi connectivity index (χ1) is 16.2. The summed E-state index contributed by atoms with van der Waals surface area (Å²) in [5.74, 6) is 1.61. The minimum Gasteiger partial charge on any atom is -0.368 e. The van der Waals surface area contributed by atoms with Crippen LogP contribution >= 0.6 is 11.3 Å². The molecule has 1 aliphatic heterocycles. The summed E-state index contributed by atoms with van der Waals surface area (Å²) < 4.78 is 0. The number of nitrogens with one attached hydrogen (secondary N) is 1. The van der Waals surface area contributed by atoms with E-state index >= 15 is 0 Å². The number of hydrogen-bond acceptors (Lipinski definition) is 7. The monoisotopic (exact) mass is 458 g/mol. The normalized spacial score (nSPS) is 16.2. The molecule has 1 aromatic carbocycles. The zero-order valence-corrected chi connectivity index (χ0v) is 20.1. The van der Waals surface area contributed by atoms with Crippen molar-refractivity contribution in [2.45, 2.75) is 19.9 Å². The number of likely N-dealkylation sites (N-methyl/N-ethyl adjacent to an activating group) is 1. The van der Waals surface area contributed by atoms with Gasteiger partial charge in [-0.15, -0.1) is 11.3 Å². The van der Waals surface area contributed by atoms with Crippen LogP contribution in [0.2, 0.25) is 0 Å². The quantitative estimate of drug-likeness (QED) is 0.427. The molecule has 1 aliphatic rings. The SMILES string of the molecule is CCN1CCN([C@H](C)CNc2nc(-c3cccnc3)nc3scc(-c4ccccc4)c23)CC1. The standard InChI is InChI=1S/C26H30N6S/c1-3-31-12-14-32(15-13-31)19(2)16-28-25-23-22(20-8-5-4-6-9-20)18-33-26(23)30-24(29-25)21-10-7-11-27-17-21/h4-11,17-19H,3,12-16H2,1-2H3,(H,28,29,30)/t19-/m1/s1. The molecule has 1 fully saturated rings. The molecule has 0 radical (unpaired) electrons. The summed E-state index contributed by atoms with van der Waals surface area (Å²) in [6, 6.07) is 14.9. The van der Waals surface area contributed by atoms with Gasteiger partial charge in [-0.2, -0.15) is 0 Å². The second-order valence-corrected chi connectivity index (χ2v) is 9.39. The number of rotatable bonds is 7. The molecule has 0 unspecified atom stereocenters. The number of aromatic nitrogens is 3. The van der Waals surface area contributed by atoms with Crippen molar-refractivity contribution in [1.82, 2.24) is 24.8 Å². The largest absolute Gasteiger partial charge is 0.368 e. The second-order valence-electron chi connectivity index (χ2n) is 8.53. The Kier molecular flexibility index (Phi) is 6.62. The molecule has 0 bridgehead atoms. The lowest BCUT2D eigenvalue weighted by Crippen LogP contribution is -2.51. The van der Waals surface area contributed by atoms with Gasteiger partial charge < -0.3 is 10.2 Å². The highest BCUT2D eigenvalue weighted by Gasteiger charge is 2.21. The Morgan fingerprint density at radius 2 is 1.79 bits per heavy atom. The summed E-state index contributed by atoms with van der Waals surface area (Å²) in [5.41, 5.74) is 3.30. The van der Waals surface area contributed by atoms with Gasteiger partial charge in [-0.3, -0.25) is 9.88 Å². The highest BCUT2D eigenvalue weighted by molar-refractivity contribution is 7.17. The van der Waals surface area contributed by atoms with Gasteiger partial charge >= 0.3 is 0 Å². The number of piperazine rings is 1. The Labute approximate surface area is 199 Å². The van der Waals surface area contributed by atoms with Gasteiger partial charge in [0.05, 0.1) is 5.39 Å². The number of nitrogens with zero attached hydrogens (tertiary/aromatic N) is 5. The predicted molar refractivity (Wildman–Crippen MR) is 138 cm³/mol. The third-order valence-corrected chi connectivity index (χ3v) is 7.35. The van der Waals surface area contributed by atoms with Crippen molar-refractivity contribution in [2.75, 3.05) is 44.6 Å². The number of thiophene rings is 1. The zero-order valence-electron chi connectivity index (χ0n) is 19.2. The number of hydrogen-bond donors (Lipinski definition) is 1. The Bertz CT molecular complexity index is 1190. The molecule has 1 N–H and O–H groups in total. The van der Waals surface area contributed by atoms with E-state index in [-0.39, 0.29) is 0 Å². The molecule has 33 heavy (non-hydrogen) atoms. The summed E-state index contributed by atoms with van der Waals surface area (Å²) in [4.78, 5) is 20.2. The average molecular weight is 459 g/mol. The van der Waals surface area contributed by atoms with Crippen LogP contribution < -0.4 is 5.32 Å². The van der Waals surface area contributed by atoms with Crippen LogP contribution in [0.3, 0.4) is 0 Å². The average Bonchev–Trinajstić information content (AvgIpc) is 3.32. The first-order valence-electron chi connectivity index (χ1n) is 11.7. The molecule has 0 saturated carbocycles. The maximum absolute atomic E-state index is 4.99. The zero-order chi connectivity index (χ0) is 22.6. The Morgan fingerprint density at radius 1 is 1.00 bits per heavy atom. The van der Waals surface area contributed by atoms with Gasteiger partial charge in [-0.25, -0.2) is 9.97 Å².